The van der Waals surface area contributed by atoms with Crippen LogP contribution in [-0.2, 0) is 9.84 Å². The van der Waals surface area contributed by atoms with Gasteiger partial charge in [0.25, 0.3) is 0 Å². The molecule has 1 aliphatic carbocycles. The van der Waals surface area contributed by atoms with E-state index in [1.54, 1.807) is 0 Å². The van der Waals surface area contributed by atoms with Crippen molar-refractivity contribution < 1.29 is 17.6 Å². The quantitative estimate of drug-likeness (QED) is 0.799. The largest absolute Gasteiger partial charge is 0.293 e. The lowest BCUT2D eigenvalue weighted by molar-refractivity contribution is 0.102. The number of hydrogen-bond donors (Lipinski definition) is 0. The fourth-order valence-electron chi connectivity index (χ4n) is 2.47. The Morgan fingerprint density at radius 2 is 1.89 bits per heavy atom. The molecule has 0 radical (unpaired) electrons. The Morgan fingerprint density at radius 1 is 1.21 bits per heavy atom. The summed E-state index contributed by atoms with van der Waals surface area (Å²) in [5, 5.41) is -0.404. The van der Waals surface area contributed by atoms with Gasteiger partial charge < -0.3 is 0 Å². The smallest absolute Gasteiger partial charge is 0.177 e. The second-order valence-corrected chi connectivity index (χ2v) is 7.28. The molecule has 0 heterocycles. The molecule has 0 amide bonds. The Balaban J connectivity index is 2.09. The predicted molar refractivity (Wildman–Crippen MR) is 71.4 cm³/mol. The summed E-state index contributed by atoms with van der Waals surface area (Å²) in [4.78, 5) is 11.9. The summed E-state index contributed by atoms with van der Waals surface area (Å²) in [6.45, 7) is 0. The fourth-order valence-corrected chi connectivity index (χ4v) is 4.29. The highest BCUT2D eigenvalue weighted by Gasteiger charge is 2.29. The van der Waals surface area contributed by atoms with Crippen molar-refractivity contribution in [3.63, 3.8) is 0 Å². The van der Waals surface area contributed by atoms with E-state index in [-0.39, 0.29) is 5.56 Å². The van der Waals surface area contributed by atoms with Gasteiger partial charge in [-0.05, 0) is 25.0 Å². The lowest BCUT2D eigenvalue weighted by Gasteiger charge is -2.21. The summed E-state index contributed by atoms with van der Waals surface area (Å²) < 4.78 is 37.3. The van der Waals surface area contributed by atoms with E-state index in [0.29, 0.717) is 12.8 Å². The van der Waals surface area contributed by atoms with E-state index in [0.717, 1.165) is 25.3 Å². The highest BCUT2D eigenvalue weighted by atomic mass is 32.2. The van der Waals surface area contributed by atoms with Gasteiger partial charge in [-0.3, -0.25) is 4.79 Å². The third-order valence-electron chi connectivity index (χ3n) is 3.54. The molecule has 0 N–H and O–H groups in total. The standard InChI is InChI=1S/C14H17FO3S/c15-12-6-4-5-11(9-12)14(16)10-19(17,18)13-7-2-1-3-8-13/h4-6,9,13H,1-3,7-8,10H2. The van der Waals surface area contributed by atoms with Gasteiger partial charge in [-0.15, -0.1) is 0 Å². The minimum Gasteiger partial charge on any atom is -0.293 e. The Hall–Kier alpha value is -1.23. The number of carbonyl (C=O) groups excluding carboxylic acids is 1. The molecule has 1 saturated carbocycles. The molecule has 0 saturated heterocycles. The van der Waals surface area contributed by atoms with Gasteiger partial charge in [0.15, 0.2) is 15.6 Å². The van der Waals surface area contributed by atoms with Gasteiger partial charge in [-0.25, -0.2) is 12.8 Å². The molecule has 5 heteroatoms. The molecule has 0 bridgehead atoms. The Labute approximate surface area is 112 Å². The van der Waals surface area contributed by atoms with Crippen molar-refractivity contribution in [2.24, 2.45) is 0 Å². The minimum atomic E-state index is -3.42. The van der Waals surface area contributed by atoms with Crippen LogP contribution in [-0.4, -0.2) is 25.2 Å². The highest BCUT2D eigenvalue weighted by molar-refractivity contribution is 7.92. The summed E-state index contributed by atoms with van der Waals surface area (Å²) in [5.41, 5.74) is 0.124. The van der Waals surface area contributed by atoms with Crippen molar-refractivity contribution in [3.05, 3.63) is 35.6 Å². The molecule has 3 nitrogen and oxygen atoms in total. The van der Waals surface area contributed by atoms with Gasteiger partial charge in [0.2, 0.25) is 0 Å². The topological polar surface area (TPSA) is 51.2 Å². The van der Waals surface area contributed by atoms with Crippen molar-refractivity contribution >= 4 is 15.6 Å². The van der Waals surface area contributed by atoms with Gasteiger partial charge in [-0.2, -0.15) is 0 Å². The first-order valence-corrected chi connectivity index (χ1v) is 8.21. The maximum absolute atomic E-state index is 13.0. The molecular formula is C14H17FO3S. The number of benzene rings is 1. The van der Waals surface area contributed by atoms with E-state index in [1.807, 2.05) is 0 Å². The molecule has 0 aromatic heterocycles. The first-order chi connectivity index (χ1) is 8.99. The Morgan fingerprint density at radius 3 is 2.53 bits per heavy atom. The van der Waals surface area contributed by atoms with E-state index in [4.69, 9.17) is 0 Å². The molecule has 1 fully saturated rings. The van der Waals surface area contributed by atoms with E-state index in [2.05, 4.69) is 0 Å². The van der Waals surface area contributed by atoms with Crippen LogP contribution in [0.2, 0.25) is 0 Å². The lowest BCUT2D eigenvalue weighted by Crippen LogP contribution is -2.29. The molecule has 0 aliphatic heterocycles. The number of carbonyl (C=O) groups is 1. The van der Waals surface area contributed by atoms with E-state index < -0.39 is 32.4 Å². The first-order valence-electron chi connectivity index (χ1n) is 6.49. The monoisotopic (exact) mass is 284 g/mol. The van der Waals surface area contributed by atoms with Crippen LogP contribution in [0.5, 0.6) is 0 Å². The zero-order valence-corrected chi connectivity index (χ0v) is 11.5. The van der Waals surface area contributed by atoms with Crippen LogP contribution in [0.25, 0.3) is 0 Å². The zero-order chi connectivity index (χ0) is 13.9. The second-order valence-electron chi connectivity index (χ2n) is 5.00. The van der Waals surface area contributed by atoms with Crippen molar-refractivity contribution in [3.8, 4) is 0 Å². The lowest BCUT2D eigenvalue weighted by atomic mass is 10.0. The number of rotatable bonds is 4. The minimum absolute atomic E-state index is 0.124. The average molecular weight is 284 g/mol. The van der Waals surface area contributed by atoms with Crippen LogP contribution in [0.4, 0.5) is 4.39 Å². The molecule has 1 aliphatic rings. The summed E-state index contributed by atoms with van der Waals surface area (Å²) in [7, 11) is -3.42. The fraction of sp³-hybridized carbons (Fsp3) is 0.500. The van der Waals surface area contributed by atoms with Crippen LogP contribution in [0.1, 0.15) is 42.5 Å². The Kier molecular flexibility index (Phi) is 4.34. The number of halogens is 1. The van der Waals surface area contributed by atoms with Crippen molar-refractivity contribution in [2.75, 3.05) is 5.75 Å². The normalized spacial score (nSPS) is 17.3. The first kappa shape index (κ1) is 14.2. The van der Waals surface area contributed by atoms with Crippen molar-refractivity contribution in [1.29, 1.82) is 0 Å². The van der Waals surface area contributed by atoms with Gasteiger partial charge in [0.05, 0.1) is 5.25 Å². The van der Waals surface area contributed by atoms with Crippen molar-refractivity contribution in [2.45, 2.75) is 37.4 Å². The average Bonchev–Trinajstić information content (AvgIpc) is 2.39. The molecule has 0 unspecified atom stereocenters. The molecule has 0 spiro atoms. The second kappa shape index (κ2) is 5.82. The molecule has 1 aromatic rings. The molecule has 104 valence electrons. The third-order valence-corrected chi connectivity index (χ3v) is 5.69. The van der Waals surface area contributed by atoms with Crippen LogP contribution < -0.4 is 0 Å². The summed E-state index contributed by atoms with van der Waals surface area (Å²) in [6.07, 6.45) is 4.14. The summed E-state index contributed by atoms with van der Waals surface area (Å²) in [6, 6.07) is 5.17. The van der Waals surface area contributed by atoms with Gasteiger partial charge in [0.1, 0.15) is 11.6 Å². The summed E-state index contributed by atoms with van der Waals surface area (Å²) in [5.74, 6) is -1.56. The molecule has 19 heavy (non-hydrogen) atoms. The van der Waals surface area contributed by atoms with E-state index in [1.165, 1.54) is 18.2 Å². The molecule has 0 atom stereocenters. The maximum Gasteiger partial charge on any atom is 0.177 e. The van der Waals surface area contributed by atoms with Gasteiger partial charge in [-0.1, -0.05) is 31.4 Å². The molecule has 1 aromatic carbocycles. The van der Waals surface area contributed by atoms with Crippen LogP contribution >= 0.6 is 0 Å². The van der Waals surface area contributed by atoms with E-state index >= 15 is 0 Å². The number of hydrogen-bond acceptors (Lipinski definition) is 3. The van der Waals surface area contributed by atoms with Crippen molar-refractivity contribution in [1.82, 2.24) is 0 Å². The Bertz CT molecular complexity index is 560. The third kappa shape index (κ3) is 3.62. The van der Waals surface area contributed by atoms with Crippen LogP contribution in [0.3, 0.4) is 0 Å². The highest BCUT2D eigenvalue weighted by Crippen LogP contribution is 2.24. The summed E-state index contributed by atoms with van der Waals surface area (Å²) >= 11 is 0. The van der Waals surface area contributed by atoms with Gasteiger partial charge >= 0.3 is 0 Å². The SMILES string of the molecule is O=C(CS(=O)(=O)C1CCCCC1)c1cccc(F)c1. The number of Topliss-reactive ketones (excluding diaryl/α,β-unsaturated/α-hetero) is 1. The van der Waals surface area contributed by atoms with Crippen LogP contribution in [0, 0.1) is 5.82 Å². The maximum atomic E-state index is 13.0. The van der Waals surface area contributed by atoms with E-state index in [9.17, 15) is 17.6 Å². The van der Waals surface area contributed by atoms with Crippen LogP contribution in [0.15, 0.2) is 24.3 Å². The molecule has 2 rings (SSSR count). The number of ketones is 1. The van der Waals surface area contributed by atoms with Gasteiger partial charge in [0, 0.05) is 5.56 Å². The predicted octanol–water partition coefficient (Wildman–Crippen LogP) is 2.76. The number of sulfone groups is 1. The zero-order valence-electron chi connectivity index (χ0n) is 10.6. The molecular weight excluding hydrogens is 267 g/mol.